The van der Waals surface area contributed by atoms with E-state index in [2.05, 4.69) is 157 Å². The average Bonchev–Trinajstić information content (AvgIpc) is 3.16. The minimum Gasteiger partial charge on any atom is -0.256 e. The molecule has 0 saturated carbocycles. The summed E-state index contributed by atoms with van der Waals surface area (Å²) in [5.41, 5.74) is 9.38. The molecule has 3 heterocycles. The summed E-state index contributed by atoms with van der Waals surface area (Å²) in [6.07, 6.45) is 1.86. The van der Waals surface area contributed by atoms with Gasteiger partial charge in [0, 0.05) is 38.9 Å². The molecule has 3 nitrogen and oxygen atoms in total. The molecule has 0 aliphatic rings. The van der Waals surface area contributed by atoms with Crippen LogP contribution in [-0.4, -0.2) is 15.0 Å². The molecular formula is C45H27N3. The van der Waals surface area contributed by atoms with Crippen LogP contribution in [0, 0.1) is 0 Å². The topological polar surface area (TPSA) is 38.7 Å². The van der Waals surface area contributed by atoms with Crippen LogP contribution in [0.3, 0.4) is 0 Å². The van der Waals surface area contributed by atoms with Gasteiger partial charge in [0.05, 0.1) is 27.9 Å². The van der Waals surface area contributed by atoms with Gasteiger partial charge in [-0.15, -0.1) is 0 Å². The molecule has 0 N–H and O–H groups in total. The van der Waals surface area contributed by atoms with E-state index < -0.39 is 0 Å². The van der Waals surface area contributed by atoms with E-state index in [4.69, 9.17) is 9.97 Å². The number of hydrogen-bond donors (Lipinski definition) is 0. The predicted molar refractivity (Wildman–Crippen MR) is 201 cm³/mol. The lowest BCUT2D eigenvalue weighted by Gasteiger charge is -2.12. The second-order valence-corrected chi connectivity index (χ2v) is 12.4. The number of aromatic nitrogens is 3. The summed E-state index contributed by atoms with van der Waals surface area (Å²) >= 11 is 0. The van der Waals surface area contributed by atoms with Gasteiger partial charge >= 0.3 is 0 Å². The molecule has 0 radical (unpaired) electrons. The Balaban J connectivity index is 1.09. The fourth-order valence-corrected chi connectivity index (χ4v) is 7.29. The zero-order chi connectivity index (χ0) is 31.6. The van der Waals surface area contributed by atoms with Crippen molar-refractivity contribution in [2.75, 3.05) is 0 Å². The Bertz CT molecular complexity index is 2710. The maximum Gasteiger partial charge on any atom is 0.0780 e. The molecule has 0 fully saturated rings. The summed E-state index contributed by atoms with van der Waals surface area (Å²) in [6, 6.07) is 56.0. The number of fused-ring (bicyclic) bond motifs is 8. The third-order valence-corrected chi connectivity index (χ3v) is 9.65. The van der Waals surface area contributed by atoms with Crippen LogP contribution < -0.4 is 0 Å². The number of nitrogens with zero attached hydrogens (tertiary/aromatic N) is 3. The third-order valence-electron chi connectivity index (χ3n) is 9.65. The van der Waals surface area contributed by atoms with Crippen LogP contribution in [-0.2, 0) is 0 Å². The summed E-state index contributed by atoms with van der Waals surface area (Å²) in [5.74, 6) is 0. The Morgan fingerprint density at radius 3 is 1.50 bits per heavy atom. The first-order chi connectivity index (χ1) is 23.8. The molecule has 0 saturated heterocycles. The van der Waals surface area contributed by atoms with Crippen molar-refractivity contribution >= 4 is 65.0 Å². The number of benzene rings is 7. The number of rotatable bonds is 3. The van der Waals surface area contributed by atoms with Gasteiger partial charge in [-0.25, -0.2) is 9.97 Å². The van der Waals surface area contributed by atoms with Gasteiger partial charge in [0.2, 0.25) is 0 Å². The molecule has 0 amide bonds. The van der Waals surface area contributed by atoms with E-state index in [1.54, 1.807) is 0 Å². The molecule has 222 valence electrons. The first-order valence-corrected chi connectivity index (χ1v) is 16.3. The van der Waals surface area contributed by atoms with Crippen molar-refractivity contribution in [2.24, 2.45) is 0 Å². The van der Waals surface area contributed by atoms with Crippen molar-refractivity contribution in [1.82, 2.24) is 15.0 Å². The number of hydrogen-bond acceptors (Lipinski definition) is 3. The second kappa shape index (κ2) is 10.5. The third kappa shape index (κ3) is 4.25. The van der Waals surface area contributed by atoms with Crippen molar-refractivity contribution in [3.63, 3.8) is 0 Å². The van der Waals surface area contributed by atoms with E-state index in [1.165, 1.54) is 21.5 Å². The van der Waals surface area contributed by atoms with E-state index in [0.717, 1.165) is 77.1 Å². The maximum atomic E-state index is 5.24. The first kappa shape index (κ1) is 26.7. The normalized spacial score (nSPS) is 11.8. The quantitative estimate of drug-likeness (QED) is 0.187. The van der Waals surface area contributed by atoms with E-state index >= 15 is 0 Å². The Kier molecular flexibility index (Phi) is 5.87. The lowest BCUT2D eigenvalue weighted by molar-refractivity contribution is 1.40. The molecule has 0 bridgehead atoms. The Morgan fingerprint density at radius 1 is 0.333 bits per heavy atom. The summed E-state index contributed by atoms with van der Waals surface area (Å²) in [6.45, 7) is 0. The summed E-state index contributed by atoms with van der Waals surface area (Å²) in [7, 11) is 0. The maximum absolute atomic E-state index is 5.24. The van der Waals surface area contributed by atoms with Crippen LogP contribution in [0.4, 0.5) is 0 Å². The van der Waals surface area contributed by atoms with Crippen molar-refractivity contribution in [2.45, 2.75) is 0 Å². The molecule has 3 aromatic heterocycles. The lowest BCUT2D eigenvalue weighted by atomic mass is 9.95. The highest BCUT2D eigenvalue weighted by Crippen LogP contribution is 2.37. The van der Waals surface area contributed by atoms with Crippen LogP contribution >= 0.6 is 0 Å². The van der Waals surface area contributed by atoms with Gasteiger partial charge < -0.3 is 0 Å². The van der Waals surface area contributed by atoms with Crippen LogP contribution in [0.25, 0.3) is 98.7 Å². The van der Waals surface area contributed by atoms with Gasteiger partial charge in [0.25, 0.3) is 0 Å². The number of pyridine rings is 3. The summed E-state index contributed by atoms with van der Waals surface area (Å²) in [4.78, 5) is 15.1. The Hall–Kier alpha value is -6.45. The Labute approximate surface area is 276 Å². The second-order valence-electron chi connectivity index (χ2n) is 12.4. The molecule has 0 unspecified atom stereocenters. The van der Waals surface area contributed by atoms with Crippen molar-refractivity contribution in [3.05, 3.63) is 164 Å². The van der Waals surface area contributed by atoms with Gasteiger partial charge in [0.1, 0.15) is 0 Å². The van der Waals surface area contributed by atoms with Crippen LogP contribution in [0.1, 0.15) is 0 Å². The van der Waals surface area contributed by atoms with Gasteiger partial charge in [-0.3, -0.25) is 4.98 Å². The van der Waals surface area contributed by atoms with Gasteiger partial charge in [-0.05, 0) is 80.5 Å². The van der Waals surface area contributed by atoms with E-state index in [0.29, 0.717) is 0 Å². The smallest absolute Gasteiger partial charge is 0.0780 e. The highest BCUT2D eigenvalue weighted by Gasteiger charge is 2.13. The van der Waals surface area contributed by atoms with Crippen LogP contribution in [0.2, 0.25) is 0 Å². The fraction of sp³-hybridized carbons (Fsp3) is 0. The highest BCUT2D eigenvalue weighted by atomic mass is 14.7. The van der Waals surface area contributed by atoms with Crippen molar-refractivity contribution in [3.8, 4) is 33.6 Å². The molecule has 10 aromatic rings. The SMILES string of the molecule is c1ccc2c(c1)cc(-c1ccc3ccc(-c4ccc5ccc(-c6cc7cccnc7c7ccccc67)nc5c4)cc3n1)c1ccccc12. The van der Waals surface area contributed by atoms with E-state index in [1.807, 2.05) is 12.3 Å². The van der Waals surface area contributed by atoms with Crippen LogP contribution in [0.5, 0.6) is 0 Å². The molecular weight excluding hydrogens is 583 g/mol. The van der Waals surface area contributed by atoms with Crippen molar-refractivity contribution < 1.29 is 0 Å². The molecule has 3 heteroatoms. The molecule has 10 rings (SSSR count). The minimum absolute atomic E-state index is 0.953. The van der Waals surface area contributed by atoms with Crippen LogP contribution in [0.15, 0.2) is 164 Å². The molecule has 48 heavy (non-hydrogen) atoms. The lowest BCUT2D eigenvalue weighted by Crippen LogP contribution is -1.91. The average molecular weight is 610 g/mol. The fourth-order valence-electron chi connectivity index (χ4n) is 7.29. The summed E-state index contributed by atoms with van der Waals surface area (Å²) in [5, 5.41) is 10.6. The monoisotopic (exact) mass is 609 g/mol. The molecule has 7 aromatic carbocycles. The first-order valence-electron chi connectivity index (χ1n) is 16.3. The zero-order valence-electron chi connectivity index (χ0n) is 25.9. The summed E-state index contributed by atoms with van der Waals surface area (Å²) < 4.78 is 0. The van der Waals surface area contributed by atoms with E-state index in [-0.39, 0.29) is 0 Å². The van der Waals surface area contributed by atoms with E-state index in [9.17, 15) is 0 Å². The largest absolute Gasteiger partial charge is 0.256 e. The minimum atomic E-state index is 0.953. The Morgan fingerprint density at radius 2 is 0.833 bits per heavy atom. The molecule has 0 spiro atoms. The molecule has 0 atom stereocenters. The zero-order valence-corrected chi connectivity index (χ0v) is 25.9. The van der Waals surface area contributed by atoms with Gasteiger partial charge in [-0.1, -0.05) is 115 Å². The molecule has 0 aliphatic carbocycles. The predicted octanol–water partition coefficient (Wildman–Crippen LogP) is 11.8. The molecule has 0 aliphatic heterocycles. The van der Waals surface area contributed by atoms with Gasteiger partial charge in [0.15, 0.2) is 0 Å². The van der Waals surface area contributed by atoms with Crippen molar-refractivity contribution in [1.29, 1.82) is 0 Å². The van der Waals surface area contributed by atoms with Gasteiger partial charge in [-0.2, -0.15) is 0 Å². The highest BCUT2D eigenvalue weighted by molar-refractivity contribution is 6.14. The standard InChI is InChI=1S/C45H27N3/c1-2-10-34-32(8-1)24-39(36-12-4-3-11-35(34)36)41-21-19-28-15-17-30(26-43(28)47-41)31-18-16-29-20-22-42(48-44(29)27-31)40-25-33-9-7-23-46-45(33)38-14-6-5-13-37(38)40/h1-27H.